The van der Waals surface area contributed by atoms with Gasteiger partial charge in [-0.1, -0.05) is 13.8 Å². The van der Waals surface area contributed by atoms with Crippen LogP contribution in [-0.4, -0.2) is 109 Å². The molecule has 0 spiro atoms. The number of carbonyl (C=O) groups is 7. The number of carboxylic acid groups (broad SMARTS) is 1. The molecule has 0 rings (SSSR count). The lowest BCUT2D eigenvalue weighted by atomic mass is 10.0. The van der Waals surface area contributed by atoms with Crippen molar-refractivity contribution >= 4 is 53.3 Å². The first-order valence-corrected chi connectivity index (χ1v) is 14.8. The van der Waals surface area contributed by atoms with Crippen LogP contribution in [0.25, 0.3) is 0 Å². The van der Waals surface area contributed by atoms with Crippen molar-refractivity contribution in [2.45, 2.75) is 76.5 Å². The maximum Gasteiger partial charge on any atom is 0.326 e. The number of hydrogen-bond acceptors (Lipinski definition) is 10. The van der Waals surface area contributed by atoms with Crippen LogP contribution in [0.2, 0.25) is 0 Å². The number of nitrogens with zero attached hydrogens (tertiary/aromatic N) is 2. The number of amides is 6. The van der Waals surface area contributed by atoms with Gasteiger partial charge in [0.1, 0.15) is 18.1 Å². The normalized spacial score (nSPS) is 13.1. The van der Waals surface area contributed by atoms with E-state index in [9.17, 15) is 38.7 Å². The van der Waals surface area contributed by atoms with E-state index < -0.39 is 78.7 Å². The third-order valence-corrected chi connectivity index (χ3v) is 6.36. The molecule has 0 radical (unpaired) electrons. The standard InChI is InChI=1S/C26H49N13O8/c1-13(2)20(28)23(45)39-15(7-8-17(27)40)22(44)38-14(5-3-9-33-25(29)30)21(43)36-11-18(41)35-12-19(42)37-16(24(46)47)6-4-10-34-26(31)32/h13-16,20H,3-12,28H2,1-2H3,(H2,27,40)(H,35,41)(H,36,43)(H,37,42)(H,38,44)(H,39,45)(H,46,47)(H4,29,30,33)(H4,31,32,34). The molecule has 0 aromatic carbocycles. The molecule has 0 fully saturated rings. The summed E-state index contributed by atoms with van der Waals surface area (Å²) in [5.41, 5.74) is 32.2. The lowest BCUT2D eigenvalue weighted by molar-refractivity contribution is -0.142. The largest absolute Gasteiger partial charge is 0.480 e. The summed E-state index contributed by atoms with van der Waals surface area (Å²) >= 11 is 0. The molecular weight excluding hydrogens is 622 g/mol. The number of guanidine groups is 2. The Kier molecular flexibility index (Phi) is 19.8. The van der Waals surface area contributed by atoms with Gasteiger partial charge < -0.3 is 66.1 Å². The summed E-state index contributed by atoms with van der Waals surface area (Å²) in [4.78, 5) is 93.6. The zero-order valence-electron chi connectivity index (χ0n) is 26.6. The van der Waals surface area contributed by atoms with Gasteiger partial charge in [-0.2, -0.15) is 0 Å². The van der Waals surface area contributed by atoms with Gasteiger partial charge in [-0.25, -0.2) is 4.79 Å². The molecule has 266 valence electrons. The summed E-state index contributed by atoms with van der Waals surface area (Å²) in [6.45, 7) is 2.46. The SMILES string of the molecule is CC(C)C(N)C(=O)NC(CCC(N)=O)C(=O)NC(CCCN=C(N)N)C(=O)NCC(=O)NCC(=O)NC(CCCN=C(N)N)C(=O)O. The number of aliphatic imine (C=N–C) groups is 2. The molecule has 4 atom stereocenters. The fourth-order valence-electron chi connectivity index (χ4n) is 3.71. The quantitative estimate of drug-likeness (QED) is 0.0274. The topological polar surface area (TPSA) is 381 Å². The highest BCUT2D eigenvalue weighted by Gasteiger charge is 2.29. The summed E-state index contributed by atoms with van der Waals surface area (Å²) in [7, 11) is 0. The zero-order valence-corrected chi connectivity index (χ0v) is 26.6. The number of primary amides is 1. The Morgan fingerprint density at radius 1 is 0.638 bits per heavy atom. The van der Waals surface area contributed by atoms with Crippen LogP contribution in [0.5, 0.6) is 0 Å². The van der Waals surface area contributed by atoms with Crippen LogP contribution in [0.3, 0.4) is 0 Å². The lowest BCUT2D eigenvalue weighted by Crippen LogP contribution is -2.57. The van der Waals surface area contributed by atoms with Crippen LogP contribution in [0.15, 0.2) is 9.98 Å². The molecule has 21 nitrogen and oxygen atoms in total. The molecule has 4 unspecified atom stereocenters. The van der Waals surface area contributed by atoms with E-state index >= 15 is 0 Å². The second kappa shape index (κ2) is 22.3. The van der Waals surface area contributed by atoms with Crippen molar-refractivity contribution in [2.24, 2.45) is 50.3 Å². The molecule has 0 bridgehead atoms. The van der Waals surface area contributed by atoms with Gasteiger partial charge in [0.2, 0.25) is 35.4 Å². The van der Waals surface area contributed by atoms with Gasteiger partial charge >= 0.3 is 5.97 Å². The molecule has 0 aliphatic carbocycles. The molecule has 0 heterocycles. The minimum Gasteiger partial charge on any atom is -0.480 e. The molecule has 0 aliphatic heterocycles. The minimum absolute atomic E-state index is 0.000132. The smallest absolute Gasteiger partial charge is 0.326 e. The van der Waals surface area contributed by atoms with E-state index in [-0.39, 0.29) is 69.5 Å². The van der Waals surface area contributed by atoms with Crippen molar-refractivity contribution in [2.75, 3.05) is 26.2 Å². The molecule has 0 aromatic heterocycles. The van der Waals surface area contributed by atoms with Gasteiger partial charge in [0.15, 0.2) is 11.9 Å². The van der Waals surface area contributed by atoms with Crippen molar-refractivity contribution in [1.82, 2.24) is 26.6 Å². The molecule has 0 aromatic rings. The van der Waals surface area contributed by atoms with Crippen molar-refractivity contribution in [3.63, 3.8) is 0 Å². The molecule has 0 saturated carbocycles. The number of carboxylic acids is 1. The third kappa shape index (κ3) is 19.7. The van der Waals surface area contributed by atoms with E-state index in [2.05, 4.69) is 36.6 Å². The highest BCUT2D eigenvalue weighted by atomic mass is 16.4. The van der Waals surface area contributed by atoms with Gasteiger partial charge in [-0.05, 0) is 38.0 Å². The van der Waals surface area contributed by atoms with Crippen LogP contribution < -0.4 is 61.0 Å². The van der Waals surface area contributed by atoms with Gasteiger partial charge in [0.05, 0.1) is 19.1 Å². The van der Waals surface area contributed by atoms with Gasteiger partial charge in [-0.3, -0.25) is 38.8 Å². The van der Waals surface area contributed by atoms with Crippen molar-refractivity contribution in [3.05, 3.63) is 0 Å². The first kappa shape index (κ1) is 41.8. The first-order chi connectivity index (χ1) is 21.9. The number of rotatable bonds is 23. The second-order valence-electron chi connectivity index (χ2n) is 10.7. The summed E-state index contributed by atoms with van der Waals surface area (Å²) in [6, 6.07) is -4.72. The average Bonchev–Trinajstić information content (AvgIpc) is 2.98. The molecule has 6 amide bonds. The second-order valence-corrected chi connectivity index (χ2v) is 10.7. The Hall–Kier alpha value is -5.21. The van der Waals surface area contributed by atoms with E-state index in [1.807, 2.05) is 0 Å². The lowest BCUT2D eigenvalue weighted by Gasteiger charge is -2.24. The summed E-state index contributed by atoms with van der Waals surface area (Å²) in [5.74, 6) is -6.49. The fraction of sp³-hybridized carbons (Fsp3) is 0.654. The van der Waals surface area contributed by atoms with Gasteiger partial charge in [0.25, 0.3) is 0 Å². The Morgan fingerprint density at radius 3 is 1.62 bits per heavy atom. The average molecular weight is 672 g/mol. The number of nitrogens with two attached hydrogens (primary N) is 6. The predicted molar refractivity (Wildman–Crippen MR) is 171 cm³/mol. The molecule has 21 heteroatoms. The first-order valence-electron chi connectivity index (χ1n) is 14.8. The maximum atomic E-state index is 13.2. The minimum atomic E-state index is -1.30. The molecule has 0 saturated heterocycles. The van der Waals surface area contributed by atoms with Crippen molar-refractivity contribution in [1.29, 1.82) is 0 Å². The van der Waals surface area contributed by atoms with E-state index in [4.69, 9.17) is 34.4 Å². The van der Waals surface area contributed by atoms with E-state index in [0.717, 1.165) is 0 Å². The van der Waals surface area contributed by atoms with E-state index in [0.29, 0.717) is 0 Å². The Morgan fingerprint density at radius 2 is 1.13 bits per heavy atom. The Bertz CT molecular complexity index is 1150. The number of nitrogens with one attached hydrogen (secondary N) is 5. The third-order valence-electron chi connectivity index (χ3n) is 6.36. The van der Waals surface area contributed by atoms with Crippen LogP contribution in [0.4, 0.5) is 0 Å². The number of carbonyl (C=O) groups excluding carboxylic acids is 6. The van der Waals surface area contributed by atoms with E-state index in [1.165, 1.54) is 0 Å². The highest BCUT2D eigenvalue weighted by molar-refractivity contribution is 5.95. The van der Waals surface area contributed by atoms with Crippen LogP contribution in [0.1, 0.15) is 52.4 Å². The molecule has 18 N–H and O–H groups in total. The predicted octanol–water partition coefficient (Wildman–Crippen LogP) is -5.89. The van der Waals surface area contributed by atoms with Crippen LogP contribution in [-0.2, 0) is 33.6 Å². The van der Waals surface area contributed by atoms with Gasteiger partial charge in [-0.15, -0.1) is 0 Å². The van der Waals surface area contributed by atoms with Crippen molar-refractivity contribution < 1.29 is 38.7 Å². The van der Waals surface area contributed by atoms with E-state index in [1.54, 1.807) is 13.8 Å². The van der Waals surface area contributed by atoms with Crippen LogP contribution in [0, 0.1) is 5.92 Å². The number of hydrogen-bond donors (Lipinski definition) is 12. The Balaban J connectivity index is 5.35. The van der Waals surface area contributed by atoms with Gasteiger partial charge in [0, 0.05) is 19.5 Å². The zero-order chi connectivity index (χ0) is 36.1. The van der Waals surface area contributed by atoms with Crippen molar-refractivity contribution in [3.8, 4) is 0 Å². The summed E-state index contributed by atoms with van der Waals surface area (Å²) < 4.78 is 0. The van der Waals surface area contributed by atoms with Crippen LogP contribution >= 0.6 is 0 Å². The maximum absolute atomic E-state index is 13.2. The number of aliphatic carboxylic acids is 1. The highest BCUT2D eigenvalue weighted by Crippen LogP contribution is 2.05. The summed E-state index contributed by atoms with van der Waals surface area (Å²) in [6.07, 6.45) is 0.0752. The molecular formula is C26H49N13O8. The summed E-state index contributed by atoms with van der Waals surface area (Å²) in [5, 5.41) is 21.1. The molecule has 47 heavy (non-hydrogen) atoms. The fourth-order valence-corrected chi connectivity index (χ4v) is 3.71. The molecule has 0 aliphatic rings. The monoisotopic (exact) mass is 671 g/mol. The Labute approximate surface area is 271 Å².